The van der Waals surface area contributed by atoms with Gasteiger partial charge >= 0.3 is 0 Å². The first kappa shape index (κ1) is 23.6. The van der Waals surface area contributed by atoms with E-state index in [1.54, 1.807) is 34.3 Å². The van der Waals surface area contributed by atoms with Crippen LogP contribution in [0.1, 0.15) is 27.5 Å². The van der Waals surface area contributed by atoms with Crippen molar-refractivity contribution >= 4 is 11.7 Å². The number of methoxy groups -OCH3 is 3. The predicted molar refractivity (Wildman–Crippen MR) is 127 cm³/mol. The van der Waals surface area contributed by atoms with E-state index in [1.165, 1.54) is 4.68 Å². The summed E-state index contributed by atoms with van der Waals surface area (Å²) in [5, 5.41) is 10.8. The van der Waals surface area contributed by atoms with Gasteiger partial charge in [0.15, 0.2) is 23.0 Å². The number of oxazole rings is 1. The zero-order valence-corrected chi connectivity index (χ0v) is 19.9. The Bertz CT molecular complexity index is 1330. The Balaban J connectivity index is 1.49. The maximum absolute atomic E-state index is 12.6. The smallest absolute Gasteiger partial charge is 0.275 e. The number of nitrogens with two attached hydrogens (primary N) is 1. The number of rotatable bonds is 9. The fourth-order valence-corrected chi connectivity index (χ4v) is 3.50. The lowest BCUT2D eigenvalue weighted by atomic mass is 10.2. The Morgan fingerprint density at radius 2 is 1.86 bits per heavy atom. The number of nitrogens with zero attached hydrogens (tertiary/aromatic N) is 4. The van der Waals surface area contributed by atoms with Gasteiger partial charge in [-0.25, -0.2) is 9.67 Å². The van der Waals surface area contributed by atoms with Crippen molar-refractivity contribution in [3.8, 4) is 28.7 Å². The van der Waals surface area contributed by atoms with Gasteiger partial charge in [0.25, 0.3) is 5.91 Å². The molecule has 2 aromatic carbocycles. The van der Waals surface area contributed by atoms with E-state index in [-0.39, 0.29) is 18.1 Å². The van der Waals surface area contributed by atoms with Gasteiger partial charge in [0, 0.05) is 6.54 Å². The van der Waals surface area contributed by atoms with E-state index in [2.05, 4.69) is 20.6 Å². The molecule has 4 aromatic rings. The number of nitrogen functional groups attached to an aromatic ring is 1. The molecule has 0 atom stereocenters. The molecule has 0 saturated heterocycles. The van der Waals surface area contributed by atoms with Gasteiger partial charge in [0.1, 0.15) is 17.2 Å². The SMILES string of the molecule is COc1ccc(CNC(=O)c2nnn(Cc3nc(-c4cccc(OC)c4OC)oc3C)c2N)cc1. The summed E-state index contributed by atoms with van der Waals surface area (Å²) in [7, 11) is 4.71. The lowest BCUT2D eigenvalue weighted by Gasteiger charge is -2.09. The molecule has 0 radical (unpaired) electrons. The molecule has 35 heavy (non-hydrogen) atoms. The molecule has 0 aliphatic carbocycles. The van der Waals surface area contributed by atoms with E-state index in [1.807, 2.05) is 36.4 Å². The lowest BCUT2D eigenvalue weighted by Crippen LogP contribution is -2.24. The number of nitrogens with one attached hydrogen (secondary N) is 1. The fourth-order valence-electron chi connectivity index (χ4n) is 3.50. The standard InChI is InChI=1S/C24H26N6O5/c1-14-18(27-24(35-14)17-6-5-7-19(33-3)21(17)34-4)13-30-22(25)20(28-29-30)23(31)26-12-15-8-10-16(32-2)11-9-15/h5-11H,12-13,25H2,1-4H3,(H,26,31). The van der Waals surface area contributed by atoms with E-state index in [4.69, 9.17) is 24.4 Å². The first-order chi connectivity index (χ1) is 16.9. The summed E-state index contributed by atoms with van der Waals surface area (Å²) < 4.78 is 23.3. The van der Waals surface area contributed by atoms with Gasteiger partial charge in [0.05, 0.1) is 33.4 Å². The highest BCUT2D eigenvalue weighted by atomic mass is 16.5. The van der Waals surface area contributed by atoms with Crippen molar-refractivity contribution in [2.24, 2.45) is 0 Å². The van der Waals surface area contributed by atoms with Gasteiger partial charge in [-0.05, 0) is 36.8 Å². The predicted octanol–water partition coefficient (Wildman–Crippen LogP) is 2.83. The Labute approximate surface area is 201 Å². The number of benzene rings is 2. The molecular weight excluding hydrogens is 452 g/mol. The second-order valence-electron chi connectivity index (χ2n) is 7.57. The Morgan fingerprint density at radius 3 is 2.54 bits per heavy atom. The number of anilines is 1. The highest BCUT2D eigenvalue weighted by Crippen LogP contribution is 2.38. The molecule has 0 saturated carbocycles. The highest BCUT2D eigenvalue weighted by molar-refractivity contribution is 5.96. The second-order valence-corrected chi connectivity index (χ2v) is 7.57. The summed E-state index contributed by atoms with van der Waals surface area (Å²) in [6.07, 6.45) is 0. The van der Waals surface area contributed by atoms with Gasteiger partial charge in [-0.1, -0.05) is 23.4 Å². The van der Waals surface area contributed by atoms with Crippen LogP contribution in [0.2, 0.25) is 0 Å². The number of hydrogen-bond acceptors (Lipinski definition) is 9. The van der Waals surface area contributed by atoms with Gasteiger partial charge in [-0.15, -0.1) is 5.10 Å². The molecule has 2 aromatic heterocycles. The van der Waals surface area contributed by atoms with Crippen molar-refractivity contribution in [1.29, 1.82) is 0 Å². The number of ether oxygens (including phenoxy) is 3. The third-order valence-electron chi connectivity index (χ3n) is 5.43. The van der Waals surface area contributed by atoms with E-state index < -0.39 is 5.91 Å². The van der Waals surface area contributed by atoms with Crippen LogP contribution in [0, 0.1) is 6.92 Å². The summed E-state index contributed by atoms with van der Waals surface area (Å²) in [6.45, 7) is 2.27. The molecule has 2 heterocycles. The molecule has 0 bridgehead atoms. The number of aryl methyl sites for hydroxylation is 1. The maximum atomic E-state index is 12.6. The summed E-state index contributed by atoms with van der Waals surface area (Å²) in [6, 6.07) is 12.8. The Morgan fingerprint density at radius 1 is 1.09 bits per heavy atom. The minimum absolute atomic E-state index is 0.0364. The number of para-hydroxylation sites is 1. The van der Waals surface area contributed by atoms with Crippen molar-refractivity contribution in [3.63, 3.8) is 0 Å². The summed E-state index contributed by atoms with van der Waals surface area (Å²) in [4.78, 5) is 17.2. The molecule has 11 heteroatoms. The summed E-state index contributed by atoms with van der Waals surface area (Å²) in [5.41, 5.74) is 8.35. The molecule has 182 valence electrons. The van der Waals surface area contributed by atoms with Crippen LogP contribution in [-0.2, 0) is 13.1 Å². The van der Waals surface area contributed by atoms with Crippen LogP contribution >= 0.6 is 0 Å². The fraction of sp³-hybridized carbons (Fsp3) is 0.250. The van der Waals surface area contributed by atoms with Crippen LogP contribution in [0.25, 0.3) is 11.5 Å². The number of amides is 1. The zero-order valence-electron chi connectivity index (χ0n) is 19.9. The van der Waals surface area contributed by atoms with Crippen LogP contribution in [-0.4, -0.2) is 47.2 Å². The number of aromatic nitrogens is 4. The topological polar surface area (TPSA) is 140 Å². The van der Waals surface area contributed by atoms with Crippen LogP contribution in [0.15, 0.2) is 46.9 Å². The number of hydrogen-bond donors (Lipinski definition) is 2. The molecular formula is C24H26N6O5. The summed E-state index contributed by atoms with van der Waals surface area (Å²) >= 11 is 0. The molecule has 11 nitrogen and oxygen atoms in total. The monoisotopic (exact) mass is 478 g/mol. The van der Waals surface area contributed by atoms with Crippen LogP contribution < -0.4 is 25.3 Å². The average molecular weight is 479 g/mol. The van der Waals surface area contributed by atoms with Crippen molar-refractivity contribution in [2.75, 3.05) is 27.1 Å². The van der Waals surface area contributed by atoms with E-state index >= 15 is 0 Å². The Kier molecular flexibility index (Phi) is 6.86. The van der Waals surface area contributed by atoms with Crippen molar-refractivity contribution < 1.29 is 23.4 Å². The van der Waals surface area contributed by atoms with Gasteiger partial charge in [-0.3, -0.25) is 4.79 Å². The van der Waals surface area contributed by atoms with E-state index in [0.717, 1.165) is 11.3 Å². The molecule has 0 spiro atoms. The third kappa shape index (κ3) is 4.88. The molecule has 0 fully saturated rings. The highest BCUT2D eigenvalue weighted by Gasteiger charge is 2.21. The first-order valence-electron chi connectivity index (χ1n) is 10.7. The van der Waals surface area contributed by atoms with E-state index in [0.29, 0.717) is 41.0 Å². The molecule has 0 aliphatic heterocycles. The van der Waals surface area contributed by atoms with Gasteiger partial charge in [-0.2, -0.15) is 0 Å². The second kappa shape index (κ2) is 10.2. The van der Waals surface area contributed by atoms with Crippen LogP contribution in [0.4, 0.5) is 5.82 Å². The van der Waals surface area contributed by atoms with Crippen LogP contribution in [0.3, 0.4) is 0 Å². The van der Waals surface area contributed by atoms with Gasteiger partial charge in [0.2, 0.25) is 5.89 Å². The minimum Gasteiger partial charge on any atom is -0.497 e. The maximum Gasteiger partial charge on any atom is 0.275 e. The average Bonchev–Trinajstić information content (AvgIpc) is 3.44. The molecule has 4 rings (SSSR count). The number of carbonyl (C=O) groups excluding carboxylic acids is 1. The quantitative estimate of drug-likeness (QED) is 0.372. The zero-order chi connectivity index (χ0) is 24.9. The van der Waals surface area contributed by atoms with Crippen molar-refractivity contribution in [2.45, 2.75) is 20.0 Å². The van der Waals surface area contributed by atoms with Gasteiger partial charge < -0.3 is 29.7 Å². The van der Waals surface area contributed by atoms with E-state index in [9.17, 15) is 4.79 Å². The molecule has 0 unspecified atom stereocenters. The normalized spacial score (nSPS) is 10.7. The Hall–Kier alpha value is -4.54. The minimum atomic E-state index is -0.428. The summed E-state index contributed by atoms with van der Waals surface area (Å²) in [5.74, 6) is 2.45. The molecule has 3 N–H and O–H groups in total. The third-order valence-corrected chi connectivity index (χ3v) is 5.43. The largest absolute Gasteiger partial charge is 0.497 e. The molecule has 0 aliphatic rings. The van der Waals surface area contributed by atoms with Crippen LogP contribution in [0.5, 0.6) is 17.2 Å². The van der Waals surface area contributed by atoms with Crippen molar-refractivity contribution in [1.82, 2.24) is 25.3 Å². The first-order valence-corrected chi connectivity index (χ1v) is 10.7. The lowest BCUT2D eigenvalue weighted by molar-refractivity contribution is 0.0946. The van der Waals surface area contributed by atoms with Crippen molar-refractivity contribution in [3.05, 3.63) is 65.2 Å². The molecule has 1 amide bonds. The number of carbonyl (C=O) groups is 1.